The van der Waals surface area contributed by atoms with E-state index in [1.54, 1.807) is 0 Å². The maximum atomic E-state index is 11.2. The molecule has 0 spiro atoms. The lowest BCUT2D eigenvalue weighted by atomic mass is 10.1. The Morgan fingerprint density at radius 3 is 2.50 bits per heavy atom. The summed E-state index contributed by atoms with van der Waals surface area (Å²) < 4.78 is 0. The topological polar surface area (TPSA) is 55.1 Å². The Balaban J connectivity index is 3.57. The highest BCUT2D eigenvalue weighted by molar-refractivity contribution is 5.81. The molecule has 0 unspecified atom stereocenters. The molecular weight excluding hydrogens is 155 g/mol. The van der Waals surface area contributed by atoms with Gasteiger partial charge in [0.05, 0.1) is 6.04 Å². The summed E-state index contributed by atoms with van der Waals surface area (Å²) in [6, 6.07) is -0.359. The summed E-state index contributed by atoms with van der Waals surface area (Å²) in [4.78, 5) is 11.2. The number of carbonyl (C=O) groups excluding carboxylic acids is 1. The molecule has 3 nitrogen and oxygen atoms in total. The molecule has 1 amide bonds. The first-order valence-electron chi connectivity index (χ1n) is 4.62. The minimum atomic E-state index is -0.359. The Labute approximate surface area is 74.7 Å². The quantitative estimate of drug-likeness (QED) is 0.370. The summed E-state index contributed by atoms with van der Waals surface area (Å²) in [6.07, 6.45) is 2.12. The molecule has 0 aliphatic carbocycles. The van der Waals surface area contributed by atoms with Crippen molar-refractivity contribution in [2.45, 2.75) is 39.7 Å². The molecule has 0 aromatic rings. The van der Waals surface area contributed by atoms with Crippen LogP contribution in [0.4, 0.5) is 0 Å². The maximum Gasteiger partial charge on any atom is 0.237 e. The number of nitrogens with two attached hydrogens (primary N) is 1. The lowest BCUT2D eigenvalue weighted by Gasteiger charge is -2.14. The van der Waals surface area contributed by atoms with Gasteiger partial charge in [0.1, 0.15) is 0 Å². The number of amides is 1. The summed E-state index contributed by atoms with van der Waals surface area (Å²) >= 11 is 0. The second-order valence-corrected chi connectivity index (χ2v) is 3.41. The summed E-state index contributed by atoms with van der Waals surface area (Å²) in [5, 5.41) is 2.80. The van der Waals surface area contributed by atoms with Gasteiger partial charge in [0, 0.05) is 6.54 Å². The molecule has 0 rings (SSSR count). The normalized spacial score (nSPS) is 13.1. The van der Waals surface area contributed by atoms with Crippen molar-refractivity contribution in [3.63, 3.8) is 0 Å². The highest BCUT2D eigenvalue weighted by atomic mass is 18.1. The van der Waals surface area contributed by atoms with Crippen molar-refractivity contribution in [1.82, 2.24) is 5.32 Å². The van der Waals surface area contributed by atoms with Crippen LogP contribution in [0, 0.1) is 5.92 Å². The van der Waals surface area contributed by atoms with E-state index in [4.69, 9.17) is 5.73 Å². The van der Waals surface area contributed by atoms with Crippen molar-refractivity contribution < 1.29 is 4.79 Å². The minimum Gasteiger partial charge on any atom is -0.355 e. The van der Waals surface area contributed by atoms with Gasteiger partial charge in [-0.15, -0.1) is 0 Å². The van der Waals surface area contributed by atoms with Crippen molar-refractivity contribution in [2.75, 3.05) is 6.54 Å². The fraction of sp³-hybridized carbons (Fsp3) is 0.889. The lowest BCUT2D eigenvalue weighted by molar-refractivity contribution is -0.123. The van der Waals surface area contributed by atoms with Gasteiger partial charge in [0.2, 0.25) is 5.91 Å². The molecule has 0 bridgehead atoms. The SMILES string of the molecule is CCCCN[13C](=[18O])[C@@H](N)C(C)C. The predicted molar refractivity (Wildman–Crippen MR) is 50.7 cm³/mol. The van der Waals surface area contributed by atoms with Crippen molar-refractivity contribution in [3.05, 3.63) is 0 Å². The third-order valence-corrected chi connectivity index (χ3v) is 1.85. The summed E-state index contributed by atoms with van der Waals surface area (Å²) in [6.45, 7) is 6.73. The predicted octanol–water partition coefficient (Wildman–Crippen LogP) is 0.886. The van der Waals surface area contributed by atoms with Gasteiger partial charge in [0.25, 0.3) is 0 Å². The van der Waals surface area contributed by atoms with E-state index in [0.717, 1.165) is 19.4 Å². The Morgan fingerprint density at radius 2 is 2.08 bits per heavy atom. The van der Waals surface area contributed by atoms with Gasteiger partial charge in [-0.3, -0.25) is 4.79 Å². The van der Waals surface area contributed by atoms with Crippen molar-refractivity contribution in [1.29, 1.82) is 0 Å². The summed E-state index contributed by atoms with van der Waals surface area (Å²) in [5.41, 5.74) is 5.63. The van der Waals surface area contributed by atoms with E-state index in [2.05, 4.69) is 12.2 Å². The molecule has 0 fully saturated rings. The van der Waals surface area contributed by atoms with Crippen LogP contribution in [0.3, 0.4) is 0 Å². The monoisotopic (exact) mass is 175 g/mol. The van der Waals surface area contributed by atoms with E-state index >= 15 is 0 Å². The summed E-state index contributed by atoms with van der Waals surface area (Å²) in [5.74, 6) is 0.185. The van der Waals surface area contributed by atoms with Crippen molar-refractivity contribution in [2.24, 2.45) is 11.7 Å². The third kappa shape index (κ3) is 4.34. The smallest absolute Gasteiger partial charge is 0.237 e. The zero-order valence-electron chi connectivity index (χ0n) is 8.26. The fourth-order valence-electron chi connectivity index (χ4n) is 0.809. The van der Waals surface area contributed by atoms with Crippen LogP contribution in [0.2, 0.25) is 0 Å². The van der Waals surface area contributed by atoms with Gasteiger partial charge in [-0.1, -0.05) is 27.2 Å². The van der Waals surface area contributed by atoms with Gasteiger partial charge in [-0.25, -0.2) is 0 Å². The minimum absolute atomic E-state index is 0.0292. The average Bonchev–Trinajstić information content (AvgIpc) is 2.03. The molecule has 3 N–H and O–H groups in total. The van der Waals surface area contributed by atoms with Crippen molar-refractivity contribution >= 4 is 5.91 Å². The third-order valence-electron chi connectivity index (χ3n) is 1.85. The average molecular weight is 175 g/mol. The largest absolute Gasteiger partial charge is 0.355 e. The van der Waals surface area contributed by atoms with Crippen LogP contribution in [0.5, 0.6) is 0 Å². The van der Waals surface area contributed by atoms with Crippen molar-refractivity contribution in [3.8, 4) is 0 Å². The first-order valence-corrected chi connectivity index (χ1v) is 4.62. The van der Waals surface area contributed by atoms with Crippen LogP contribution in [0.25, 0.3) is 0 Å². The number of carbonyl (C=O) groups is 1. The van der Waals surface area contributed by atoms with Crippen LogP contribution in [0.1, 0.15) is 33.6 Å². The second kappa shape index (κ2) is 6.00. The molecule has 0 radical (unpaired) electrons. The molecule has 0 saturated heterocycles. The lowest BCUT2D eigenvalue weighted by Crippen LogP contribution is -2.44. The molecule has 0 heterocycles. The Bertz CT molecular complexity index is 134. The molecular formula is C9H20N2O. The summed E-state index contributed by atoms with van der Waals surface area (Å²) in [7, 11) is 0. The fourth-order valence-corrected chi connectivity index (χ4v) is 0.809. The van der Waals surface area contributed by atoms with Crippen LogP contribution in [0.15, 0.2) is 0 Å². The van der Waals surface area contributed by atoms with E-state index in [1.165, 1.54) is 0 Å². The van der Waals surface area contributed by atoms with E-state index in [9.17, 15) is 4.79 Å². The number of hydrogen-bond donors (Lipinski definition) is 2. The number of hydrogen-bond acceptors (Lipinski definition) is 2. The van der Waals surface area contributed by atoms with Gasteiger partial charge in [-0.2, -0.15) is 0 Å². The number of unbranched alkanes of at least 4 members (excludes halogenated alkanes) is 1. The molecule has 0 aliphatic rings. The first kappa shape index (κ1) is 11.4. The highest BCUT2D eigenvalue weighted by Gasteiger charge is 2.15. The molecule has 0 aromatic carbocycles. The van der Waals surface area contributed by atoms with Crippen LogP contribution >= 0.6 is 0 Å². The molecule has 3 heteroatoms. The molecule has 1 atom stereocenters. The van der Waals surface area contributed by atoms with E-state index in [-0.39, 0.29) is 17.9 Å². The number of rotatable bonds is 5. The molecule has 72 valence electrons. The highest BCUT2D eigenvalue weighted by Crippen LogP contribution is 1.97. The van der Waals surface area contributed by atoms with E-state index < -0.39 is 0 Å². The number of nitrogens with one attached hydrogen (secondary N) is 1. The van der Waals surface area contributed by atoms with Gasteiger partial charge < -0.3 is 11.1 Å². The Kier molecular flexibility index (Phi) is 5.72. The zero-order valence-corrected chi connectivity index (χ0v) is 8.26. The van der Waals surface area contributed by atoms with Crippen LogP contribution in [-0.2, 0) is 4.79 Å². The molecule has 0 saturated carbocycles. The molecule has 12 heavy (non-hydrogen) atoms. The van der Waals surface area contributed by atoms with Gasteiger partial charge >= 0.3 is 0 Å². The first-order chi connectivity index (χ1) is 5.59. The molecule has 0 aliphatic heterocycles. The van der Waals surface area contributed by atoms with Gasteiger partial charge in [-0.05, 0) is 12.3 Å². The Hall–Kier alpha value is -0.570. The van der Waals surface area contributed by atoms with Crippen LogP contribution in [-0.4, -0.2) is 18.5 Å². The van der Waals surface area contributed by atoms with Gasteiger partial charge in [0.15, 0.2) is 0 Å². The Morgan fingerprint density at radius 1 is 1.50 bits per heavy atom. The second-order valence-electron chi connectivity index (χ2n) is 3.41. The molecule has 0 aromatic heterocycles. The standard InChI is InChI=1S/C9H20N2O/c1-4-5-6-11-9(12)8(10)7(2)3/h7-8H,4-6,10H2,1-3H3,(H,11,12)/t8-/m0/s1/i9+1,12+2. The van der Waals surface area contributed by atoms with E-state index in [1.807, 2.05) is 13.8 Å². The van der Waals surface area contributed by atoms with Crippen LogP contribution < -0.4 is 11.1 Å². The maximum absolute atomic E-state index is 11.2. The zero-order chi connectivity index (χ0) is 9.56. The van der Waals surface area contributed by atoms with E-state index in [0.29, 0.717) is 0 Å².